The molecule has 0 saturated carbocycles. The van der Waals surface area contributed by atoms with Crippen LogP contribution in [-0.2, 0) is 19.1 Å². The first-order chi connectivity index (χ1) is 13.9. The topological polar surface area (TPSA) is 105 Å². The largest absolute Gasteiger partial charge is 0.455 e. The van der Waals surface area contributed by atoms with Crippen molar-refractivity contribution in [2.24, 2.45) is 5.92 Å². The van der Waals surface area contributed by atoms with Crippen molar-refractivity contribution in [2.75, 3.05) is 18.5 Å². The van der Waals surface area contributed by atoms with Crippen molar-refractivity contribution in [3.63, 3.8) is 0 Å². The molecule has 150 valence electrons. The highest BCUT2D eigenvalue weighted by molar-refractivity contribution is 9.10. The van der Waals surface area contributed by atoms with Crippen LogP contribution < -0.4 is 10.7 Å². The van der Waals surface area contributed by atoms with Crippen LogP contribution in [0, 0.1) is 5.92 Å². The number of carbonyl (C=O) groups excluding carboxylic acids is 4. The second-order valence-corrected chi connectivity index (χ2v) is 7.29. The van der Waals surface area contributed by atoms with Gasteiger partial charge in [-0.2, -0.15) is 0 Å². The summed E-state index contributed by atoms with van der Waals surface area (Å²) in [7, 11) is 0. The highest BCUT2D eigenvalue weighted by atomic mass is 79.9. The van der Waals surface area contributed by atoms with Crippen molar-refractivity contribution < 1.29 is 23.9 Å². The van der Waals surface area contributed by atoms with Gasteiger partial charge in [-0.1, -0.05) is 34.1 Å². The van der Waals surface area contributed by atoms with Crippen LogP contribution in [0.3, 0.4) is 0 Å². The number of ether oxygens (including phenoxy) is 1. The molecule has 0 spiro atoms. The van der Waals surface area contributed by atoms with Crippen LogP contribution in [0.2, 0.25) is 0 Å². The first-order valence-electron chi connectivity index (χ1n) is 8.81. The third kappa shape index (κ3) is 5.64. The number of hydrogen-bond donors (Lipinski definition) is 2. The molecule has 8 nitrogen and oxygen atoms in total. The summed E-state index contributed by atoms with van der Waals surface area (Å²) >= 11 is 3.30. The number of nitrogens with one attached hydrogen (secondary N) is 2. The van der Waals surface area contributed by atoms with E-state index in [1.54, 1.807) is 54.6 Å². The Kier molecular flexibility index (Phi) is 6.61. The molecule has 1 saturated heterocycles. The Labute approximate surface area is 175 Å². The SMILES string of the molecule is O=C(COC(=O)[C@@H]1CC(=O)N(NC(=O)c2ccccc2)C1)Nc1ccc(Br)cc1. The predicted octanol–water partition coefficient (Wildman–Crippen LogP) is 2.12. The lowest BCUT2D eigenvalue weighted by molar-refractivity contribution is -0.151. The number of rotatable bonds is 6. The zero-order valence-corrected chi connectivity index (χ0v) is 16.8. The molecule has 3 rings (SSSR count). The van der Waals surface area contributed by atoms with Gasteiger partial charge in [-0.25, -0.2) is 0 Å². The van der Waals surface area contributed by atoms with Gasteiger partial charge in [0.05, 0.1) is 12.5 Å². The summed E-state index contributed by atoms with van der Waals surface area (Å²) in [6.07, 6.45) is -0.0950. The fraction of sp³-hybridized carbons (Fsp3) is 0.200. The van der Waals surface area contributed by atoms with Gasteiger partial charge in [0.2, 0.25) is 5.91 Å². The lowest BCUT2D eigenvalue weighted by Gasteiger charge is -2.17. The van der Waals surface area contributed by atoms with Crippen molar-refractivity contribution in [3.05, 3.63) is 64.6 Å². The molecule has 0 aromatic heterocycles. The summed E-state index contributed by atoms with van der Waals surface area (Å²) in [6, 6.07) is 15.4. The van der Waals surface area contributed by atoms with Gasteiger partial charge in [0.1, 0.15) is 0 Å². The molecule has 0 unspecified atom stereocenters. The average Bonchev–Trinajstić information content (AvgIpc) is 3.09. The Morgan fingerprint density at radius 2 is 1.76 bits per heavy atom. The Morgan fingerprint density at radius 3 is 2.45 bits per heavy atom. The van der Waals surface area contributed by atoms with E-state index in [0.717, 1.165) is 9.48 Å². The molecule has 2 aromatic carbocycles. The molecule has 1 fully saturated rings. The van der Waals surface area contributed by atoms with E-state index in [-0.39, 0.29) is 13.0 Å². The van der Waals surface area contributed by atoms with Gasteiger partial charge in [-0.05, 0) is 36.4 Å². The number of carbonyl (C=O) groups is 4. The molecule has 9 heteroatoms. The van der Waals surface area contributed by atoms with E-state index in [1.165, 1.54) is 0 Å². The summed E-state index contributed by atoms with van der Waals surface area (Å²) < 4.78 is 5.89. The van der Waals surface area contributed by atoms with Gasteiger partial charge in [0, 0.05) is 22.1 Å². The van der Waals surface area contributed by atoms with Gasteiger partial charge < -0.3 is 10.1 Å². The van der Waals surface area contributed by atoms with Crippen molar-refractivity contribution in [3.8, 4) is 0 Å². The van der Waals surface area contributed by atoms with Crippen LogP contribution in [0.1, 0.15) is 16.8 Å². The van der Waals surface area contributed by atoms with Crippen LogP contribution in [0.4, 0.5) is 5.69 Å². The third-order valence-corrected chi connectivity index (χ3v) is 4.73. The van der Waals surface area contributed by atoms with E-state index < -0.39 is 36.2 Å². The summed E-state index contributed by atoms with van der Waals surface area (Å²) in [5.41, 5.74) is 3.45. The summed E-state index contributed by atoms with van der Waals surface area (Å²) in [5, 5.41) is 3.71. The molecule has 0 radical (unpaired) electrons. The van der Waals surface area contributed by atoms with Gasteiger partial charge in [0.25, 0.3) is 11.8 Å². The standard InChI is InChI=1S/C20H18BrN3O5/c21-15-6-8-16(9-7-15)22-17(25)12-29-20(28)14-10-18(26)24(11-14)23-19(27)13-4-2-1-3-5-13/h1-9,14H,10-12H2,(H,22,25)(H,23,27)/t14-/m1/s1. The summed E-state index contributed by atoms with van der Waals surface area (Å²) in [5.74, 6) is -2.74. The maximum Gasteiger partial charge on any atom is 0.311 e. The fourth-order valence-corrected chi connectivity index (χ4v) is 3.00. The van der Waals surface area contributed by atoms with Gasteiger partial charge >= 0.3 is 5.97 Å². The second kappa shape index (κ2) is 9.33. The number of nitrogens with zero attached hydrogens (tertiary/aromatic N) is 1. The molecule has 1 aliphatic rings. The summed E-state index contributed by atoms with van der Waals surface area (Å²) in [4.78, 5) is 48.3. The van der Waals surface area contributed by atoms with E-state index >= 15 is 0 Å². The van der Waals surface area contributed by atoms with E-state index in [0.29, 0.717) is 11.3 Å². The molecule has 1 aliphatic heterocycles. The molecule has 2 N–H and O–H groups in total. The van der Waals surface area contributed by atoms with Gasteiger partial charge in [-0.15, -0.1) is 0 Å². The molecular formula is C20H18BrN3O5. The summed E-state index contributed by atoms with van der Waals surface area (Å²) in [6.45, 7) is -0.472. The second-order valence-electron chi connectivity index (χ2n) is 6.38. The minimum absolute atomic E-state index is 0.00935. The smallest absolute Gasteiger partial charge is 0.311 e. The molecule has 2 aromatic rings. The first kappa shape index (κ1) is 20.5. The monoisotopic (exact) mass is 459 g/mol. The Bertz CT molecular complexity index is 917. The van der Waals surface area contributed by atoms with E-state index in [2.05, 4.69) is 26.7 Å². The Balaban J connectivity index is 1.46. The molecule has 3 amide bonds. The lowest BCUT2D eigenvalue weighted by atomic mass is 10.1. The molecule has 1 heterocycles. The van der Waals surface area contributed by atoms with Crippen molar-refractivity contribution in [1.82, 2.24) is 10.4 Å². The van der Waals surface area contributed by atoms with Crippen molar-refractivity contribution in [2.45, 2.75) is 6.42 Å². The van der Waals surface area contributed by atoms with Crippen LogP contribution in [0.25, 0.3) is 0 Å². The highest BCUT2D eigenvalue weighted by Gasteiger charge is 2.36. The number of halogens is 1. The van der Waals surface area contributed by atoms with Crippen molar-refractivity contribution in [1.29, 1.82) is 0 Å². The molecular weight excluding hydrogens is 442 g/mol. The number of benzene rings is 2. The van der Waals surface area contributed by atoms with Gasteiger partial charge in [-0.3, -0.25) is 29.6 Å². The normalized spacial score (nSPS) is 15.7. The quantitative estimate of drug-likeness (QED) is 0.643. The van der Waals surface area contributed by atoms with E-state index in [9.17, 15) is 19.2 Å². The van der Waals surface area contributed by atoms with E-state index in [4.69, 9.17) is 4.74 Å². The van der Waals surface area contributed by atoms with Crippen LogP contribution >= 0.6 is 15.9 Å². The maximum absolute atomic E-state index is 12.2. The van der Waals surface area contributed by atoms with Gasteiger partial charge in [0.15, 0.2) is 6.61 Å². The average molecular weight is 460 g/mol. The predicted molar refractivity (Wildman–Crippen MR) is 107 cm³/mol. The van der Waals surface area contributed by atoms with Crippen LogP contribution in [0.5, 0.6) is 0 Å². The molecule has 0 bridgehead atoms. The number of esters is 1. The minimum atomic E-state index is -0.751. The molecule has 1 atom stereocenters. The third-order valence-electron chi connectivity index (χ3n) is 4.20. The molecule has 29 heavy (non-hydrogen) atoms. The molecule has 0 aliphatic carbocycles. The maximum atomic E-state index is 12.2. The number of hydrazine groups is 1. The minimum Gasteiger partial charge on any atom is -0.455 e. The van der Waals surface area contributed by atoms with Crippen LogP contribution in [-0.4, -0.2) is 41.9 Å². The lowest BCUT2D eigenvalue weighted by Crippen LogP contribution is -2.43. The van der Waals surface area contributed by atoms with Crippen LogP contribution in [0.15, 0.2) is 59.1 Å². The van der Waals surface area contributed by atoms with E-state index in [1.807, 2.05) is 0 Å². The van der Waals surface area contributed by atoms with Crippen molar-refractivity contribution >= 4 is 45.3 Å². The Hall–Kier alpha value is -3.20. The number of amides is 3. The zero-order valence-electron chi connectivity index (χ0n) is 15.3. The first-order valence-corrected chi connectivity index (χ1v) is 9.60. The number of anilines is 1. The zero-order chi connectivity index (χ0) is 20.8. The highest BCUT2D eigenvalue weighted by Crippen LogP contribution is 2.18. The Morgan fingerprint density at radius 1 is 1.07 bits per heavy atom. The fourth-order valence-electron chi connectivity index (χ4n) is 2.74. The number of hydrogen-bond acceptors (Lipinski definition) is 5.